The molecule has 0 saturated carbocycles. The van der Waals surface area contributed by atoms with Gasteiger partial charge in [-0.1, -0.05) is 6.92 Å². The van der Waals surface area contributed by atoms with Crippen LogP contribution in [0.1, 0.15) is 31.7 Å². The second-order valence-electron chi connectivity index (χ2n) is 5.18. The fourth-order valence-corrected chi connectivity index (χ4v) is 2.58. The van der Waals surface area contributed by atoms with Gasteiger partial charge in [0.15, 0.2) is 0 Å². The summed E-state index contributed by atoms with van der Waals surface area (Å²) < 4.78 is 5.76. The van der Waals surface area contributed by atoms with E-state index in [4.69, 9.17) is 4.74 Å². The van der Waals surface area contributed by atoms with Crippen molar-refractivity contribution in [2.45, 2.75) is 46.3 Å². The summed E-state index contributed by atoms with van der Waals surface area (Å²) in [6.07, 6.45) is 1.31. The molecule has 1 fully saturated rings. The van der Waals surface area contributed by atoms with Crippen LogP contribution in [0.25, 0.3) is 0 Å². The molecule has 2 unspecified atom stereocenters. The maximum atomic E-state index is 5.76. The van der Waals surface area contributed by atoms with Gasteiger partial charge in [0.2, 0.25) is 0 Å². The van der Waals surface area contributed by atoms with Gasteiger partial charge in [0.05, 0.1) is 18.8 Å². The number of hydrogen-bond acceptors (Lipinski definition) is 5. The summed E-state index contributed by atoms with van der Waals surface area (Å²) in [6, 6.07) is 0.397. The van der Waals surface area contributed by atoms with Gasteiger partial charge in [0.25, 0.3) is 0 Å². The van der Waals surface area contributed by atoms with Crippen molar-refractivity contribution in [3.05, 3.63) is 11.4 Å². The Morgan fingerprint density at radius 1 is 1.37 bits per heavy atom. The van der Waals surface area contributed by atoms with Gasteiger partial charge in [-0.15, -0.1) is 0 Å². The number of ether oxygens (including phenoxy) is 1. The second-order valence-corrected chi connectivity index (χ2v) is 5.18. The van der Waals surface area contributed by atoms with Crippen LogP contribution in [0.3, 0.4) is 0 Å². The zero-order chi connectivity index (χ0) is 14.0. The van der Waals surface area contributed by atoms with Crippen molar-refractivity contribution in [1.82, 2.24) is 9.97 Å². The molecule has 0 amide bonds. The first-order chi connectivity index (χ1) is 9.06. The Morgan fingerprint density at radius 3 is 2.74 bits per heavy atom. The maximum Gasteiger partial charge on any atom is 0.137 e. The molecule has 2 heterocycles. The summed E-state index contributed by atoms with van der Waals surface area (Å²) >= 11 is 0. The molecule has 1 aromatic heterocycles. The molecule has 1 saturated heterocycles. The predicted molar refractivity (Wildman–Crippen MR) is 77.9 cm³/mol. The van der Waals surface area contributed by atoms with Crippen LogP contribution in [-0.4, -0.2) is 42.3 Å². The third-order valence-electron chi connectivity index (χ3n) is 3.68. The van der Waals surface area contributed by atoms with Crippen LogP contribution in [-0.2, 0) is 4.74 Å². The van der Waals surface area contributed by atoms with Gasteiger partial charge in [-0.25, -0.2) is 9.97 Å². The third-order valence-corrected chi connectivity index (χ3v) is 3.68. The van der Waals surface area contributed by atoms with Crippen molar-refractivity contribution in [2.24, 2.45) is 0 Å². The van der Waals surface area contributed by atoms with E-state index in [-0.39, 0.29) is 6.10 Å². The first kappa shape index (κ1) is 14.1. The summed E-state index contributed by atoms with van der Waals surface area (Å²) in [6.45, 7) is 9.98. The van der Waals surface area contributed by atoms with Gasteiger partial charge < -0.3 is 15.0 Å². The molecule has 0 radical (unpaired) electrons. The lowest BCUT2D eigenvalue weighted by molar-refractivity contribution is 0.0295. The predicted octanol–water partition coefficient (Wildman–Crippen LogP) is 2.14. The number of nitrogens with one attached hydrogen (secondary N) is 1. The molecule has 2 rings (SSSR count). The molecule has 5 heteroatoms. The fourth-order valence-electron chi connectivity index (χ4n) is 2.58. The minimum atomic E-state index is 0.246. The average molecular weight is 264 g/mol. The number of hydrogen-bond donors (Lipinski definition) is 1. The third kappa shape index (κ3) is 2.81. The lowest BCUT2D eigenvalue weighted by Gasteiger charge is -2.40. The van der Waals surface area contributed by atoms with Crippen molar-refractivity contribution in [2.75, 3.05) is 30.4 Å². The van der Waals surface area contributed by atoms with Gasteiger partial charge in [-0.2, -0.15) is 0 Å². The number of anilines is 2. The molecule has 0 aliphatic carbocycles. The number of morpholine rings is 1. The second kappa shape index (κ2) is 5.74. The lowest BCUT2D eigenvalue weighted by Crippen LogP contribution is -2.49. The highest BCUT2D eigenvalue weighted by Crippen LogP contribution is 2.28. The van der Waals surface area contributed by atoms with Crippen molar-refractivity contribution in [3.8, 4) is 0 Å². The van der Waals surface area contributed by atoms with Gasteiger partial charge in [0, 0.05) is 19.2 Å². The molecule has 5 nitrogen and oxygen atoms in total. The normalized spacial score (nSPS) is 23.5. The molecule has 19 heavy (non-hydrogen) atoms. The number of aryl methyl sites for hydroxylation is 1. The zero-order valence-electron chi connectivity index (χ0n) is 12.5. The zero-order valence-corrected chi connectivity index (χ0v) is 12.5. The van der Waals surface area contributed by atoms with E-state index in [1.807, 2.05) is 14.0 Å². The van der Waals surface area contributed by atoms with Gasteiger partial charge in [-0.3, -0.25) is 0 Å². The topological polar surface area (TPSA) is 50.3 Å². The molecule has 0 spiro atoms. The van der Waals surface area contributed by atoms with Crippen molar-refractivity contribution < 1.29 is 4.74 Å². The van der Waals surface area contributed by atoms with Gasteiger partial charge in [-0.05, 0) is 27.2 Å². The minimum Gasteiger partial charge on any atom is -0.375 e. The molecule has 0 aromatic carbocycles. The highest BCUT2D eigenvalue weighted by atomic mass is 16.5. The van der Waals surface area contributed by atoms with Crippen molar-refractivity contribution in [3.63, 3.8) is 0 Å². The van der Waals surface area contributed by atoms with E-state index >= 15 is 0 Å². The molecule has 1 N–H and O–H groups in total. The first-order valence-corrected chi connectivity index (χ1v) is 6.98. The summed E-state index contributed by atoms with van der Waals surface area (Å²) in [5, 5.41) is 3.15. The lowest BCUT2D eigenvalue weighted by atomic mass is 10.1. The Kier molecular flexibility index (Phi) is 4.24. The molecule has 2 atom stereocenters. The molecule has 0 bridgehead atoms. The summed E-state index contributed by atoms with van der Waals surface area (Å²) in [5.74, 6) is 2.76. The van der Waals surface area contributed by atoms with Crippen LogP contribution in [0, 0.1) is 13.8 Å². The van der Waals surface area contributed by atoms with E-state index in [2.05, 4.69) is 41.0 Å². The number of rotatable bonds is 3. The largest absolute Gasteiger partial charge is 0.375 e. The Balaban J connectivity index is 2.40. The smallest absolute Gasteiger partial charge is 0.137 e. The minimum absolute atomic E-state index is 0.246. The monoisotopic (exact) mass is 264 g/mol. The average Bonchev–Trinajstić information content (AvgIpc) is 2.41. The highest BCUT2D eigenvalue weighted by Gasteiger charge is 2.28. The standard InChI is InChI=1S/C14H24N4O/c1-6-12-8-19-9(2)7-18(12)14-10(3)13(15-5)16-11(4)17-14/h9,12H,6-8H2,1-5H3,(H,15,16,17). The number of aromatic nitrogens is 2. The number of nitrogens with zero attached hydrogens (tertiary/aromatic N) is 3. The molecule has 106 valence electrons. The maximum absolute atomic E-state index is 5.76. The Bertz CT molecular complexity index is 449. The fraction of sp³-hybridized carbons (Fsp3) is 0.714. The van der Waals surface area contributed by atoms with E-state index in [0.717, 1.165) is 42.6 Å². The van der Waals surface area contributed by atoms with E-state index in [1.54, 1.807) is 0 Å². The van der Waals surface area contributed by atoms with Crippen molar-refractivity contribution in [1.29, 1.82) is 0 Å². The van der Waals surface area contributed by atoms with E-state index in [1.165, 1.54) is 0 Å². The van der Waals surface area contributed by atoms with Crippen LogP contribution < -0.4 is 10.2 Å². The van der Waals surface area contributed by atoms with Crippen LogP contribution in [0.15, 0.2) is 0 Å². The first-order valence-electron chi connectivity index (χ1n) is 6.98. The van der Waals surface area contributed by atoms with Crippen LogP contribution in [0.4, 0.5) is 11.6 Å². The van der Waals surface area contributed by atoms with E-state index < -0.39 is 0 Å². The SMILES string of the molecule is CCC1COC(C)CN1c1nc(C)nc(NC)c1C. The van der Waals surface area contributed by atoms with Crippen LogP contribution in [0.5, 0.6) is 0 Å². The quantitative estimate of drug-likeness (QED) is 0.906. The summed E-state index contributed by atoms with van der Waals surface area (Å²) in [5.41, 5.74) is 1.11. The van der Waals surface area contributed by atoms with Gasteiger partial charge >= 0.3 is 0 Å². The van der Waals surface area contributed by atoms with E-state index in [9.17, 15) is 0 Å². The summed E-state index contributed by atoms with van der Waals surface area (Å²) in [4.78, 5) is 11.5. The molecular weight excluding hydrogens is 240 g/mol. The van der Waals surface area contributed by atoms with Crippen LogP contribution >= 0.6 is 0 Å². The Morgan fingerprint density at radius 2 is 2.11 bits per heavy atom. The Labute approximate surface area is 115 Å². The van der Waals surface area contributed by atoms with Gasteiger partial charge in [0.1, 0.15) is 17.5 Å². The van der Waals surface area contributed by atoms with Crippen molar-refractivity contribution >= 4 is 11.6 Å². The summed E-state index contributed by atoms with van der Waals surface area (Å²) in [7, 11) is 1.90. The Hall–Kier alpha value is -1.36. The van der Waals surface area contributed by atoms with Crippen LogP contribution in [0.2, 0.25) is 0 Å². The molecule has 1 aromatic rings. The molecular formula is C14H24N4O. The molecule has 1 aliphatic heterocycles. The van der Waals surface area contributed by atoms with E-state index in [0.29, 0.717) is 6.04 Å². The highest BCUT2D eigenvalue weighted by molar-refractivity contribution is 5.59. The molecule has 1 aliphatic rings.